The molecule has 12 heteroatoms. The number of nitrogens with zero attached hydrogens (tertiary/aromatic N) is 4. The number of aryl methyl sites for hydroxylation is 1. The lowest BCUT2D eigenvalue weighted by molar-refractivity contribution is -0.0613. The van der Waals surface area contributed by atoms with Crippen LogP contribution in [0.5, 0.6) is 0 Å². The first-order valence-corrected chi connectivity index (χ1v) is 13.3. The van der Waals surface area contributed by atoms with Crippen molar-refractivity contribution in [3.63, 3.8) is 0 Å². The van der Waals surface area contributed by atoms with E-state index in [1.54, 1.807) is 6.20 Å². The Kier molecular flexibility index (Phi) is 12.5. The van der Waals surface area contributed by atoms with Crippen molar-refractivity contribution in [1.29, 1.82) is 0 Å². The molecule has 0 radical (unpaired) electrons. The predicted octanol–water partition coefficient (Wildman–Crippen LogP) is 2.76. The Morgan fingerprint density at radius 2 is 1.51 bits per heavy atom. The van der Waals surface area contributed by atoms with Crippen LogP contribution in [0, 0.1) is 6.92 Å². The topological polar surface area (TPSA) is 131 Å². The van der Waals surface area contributed by atoms with Crippen LogP contribution in [0.2, 0.25) is 0 Å². The third-order valence-corrected chi connectivity index (χ3v) is 5.78. The first-order chi connectivity index (χ1) is 19.3. The van der Waals surface area contributed by atoms with Gasteiger partial charge in [-0.3, -0.25) is 0 Å². The van der Waals surface area contributed by atoms with E-state index in [1.807, 2.05) is 31.2 Å². The number of fused-ring (bicyclic) bond motifs is 1. The van der Waals surface area contributed by atoms with Crippen LogP contribution < -0.4 is 10.6 Å². The summed E-state index contributed by atoms with van der Waals surface area (Å²) in [6.07, 6.45) is 3.76. The molecule has 0 bridgehead atoms. The van der Waals surface area contributed by atoms with E-state index in [0.29, 0.717) is 108 Å². The van der Waals surface area contributed by atoms with Gasteiger partial charge in [-0.2, -0.15) is 0 Å². The van der Waals surface area contributed by atoms with E-state index in [9.17, 15) is 0 Å². The minimum Gasteiger partial charge on any atom is -0.377 e. The third kappa shape index (κ3) is 10.6. The smallest absolute Gasteiger partial charge is 0.223 e. The van der Waals surface area contributed by atoms with Crippen molar-refractivity contribution >= 4 is 28.5 Å². The SMILES string of the molecule is Cc1cccc(Nc2ncnc3cnc(NCCC4COCCOCCOCCOCCOCCO4)nc23)c1. The highest BCUT2D eigenvalue weighted by Crippen LogP contribution is 2.22. The van der Waals surface area contributed by atoms with E-state index in [1.165, 1.54) is 6.33 Å². The van der Waals surface area contributed by atoms with Crippen LogP contribution in [0.4, 0.5) is 17.5 Å². The van der Waals surface area contributed by atoms with Crippen LogP contribution in [0.1, 0.15) is 12.0 Å². The Bertz CT molecular complexity index is 1110. The zero-order chi connectivity index (χ0) is 27.0. The lowest BCUT2D eigenvalue weighted by Gasteiger charge is -2.19. The number of hydrogen-bond donors (Lipinski definition) is 2. The summed E-state index contributed by atoms with van der Waals surface area (Å²) >= 11 is 0. The maximum absolute atomic E-state index is 6.03. The molecule has 12 nitrogen and oxygen atoms in total. The van der Waals surface area contributed by atoms with Gasteiger partial charge in [-0.1, -0.05) is 12.1 Å². The van der Waals surface area contributed by atoms with E-state index in [-0.39, 0.29) is 6.10 Å². The Labute approximate surface area is 228 Å². The highest BCUT2D eigenvalue weighted by Gasteiger charge is 2.12. The molecule has 1 aliphatic heterocycles. The van der Waals surface area contributed by atoms with Crippen molar-refractivity contribution in [2.24, 2.45) is 0 Å². The normalized spacial score (nSPS) is 19.2. The van der Waals surface area contributed by atoms with E-state index in [2.05, 4.69) is 30.6 Å². The summed E-state index contributed by atoms with van der Waals surface area (Å²) in [6, 6.07) is 8.07. The number of ether oxygens (including phenoxy) is 6. The van der Waals surface area contributed by atoms with Crippen LogP contribution in [0.3, 0.4) is 0 Å². The molecule has 1 atom stereocenters. The van der Waals surface area contributed by atoms with Crippen LogP contribution in [-0.4, -0.2) is 105 Å². The highest BCUT2D eigenvalue weighted by atomic mass is 16.6. The van der Waals surface area contributed by atoms with Gasteiger partial charge in [0.25, 0.3) is 0 Å². The molecule has 2 aromatic heterocycles. The predicted molar refractivity (Wildman–Crippen MR) is 147 cm³/mol. The van der Waals surface area contributed by atoms with E-state index in [0.717, 1.165) is 11.3 Å². The maximum atomic E-state index is 6.03. The fourth-order valence-electron chi connectivity index (χ4n) is 3.82. The Morgan fingerprint density at radius 1 is 0.821 bits per heavy atom. The van der Waals surface area contributed by atoms with Crippen LogP contribution in [0.15, 0.2) is 36.8 Å². The molecule has 0 amide bonds. The van der Waals surface area contributed by atoms with Gasteiger partial charge in [-0.05, 0) is 31.0 Å². The molecule has 1 aliphatic rings. The van der Waals surface area contributed by atoms with Crippen molar-refractivity contribution in [3.05, 3.63) is 42.4 Å². The van der Waals surface area contributed by atoms with Gasteiger partial charge in [0.15, 0.2) is 5.82 Å². The number of hydrogen-bond acceptors (Lipinski definition) is 12. The van der Waals surface area contributed by atoms with E-state index >= 15 is 0 Å². The van der Waals surface area contributed by atoms with Gasteiger partial charge in [-0.25, -0.2) is 19.9 Å². The second-order valence-corrected chi connectivity index (χ2v) is 8.88. The summed E-state index contributed by atoms with van der Waals surface area (Å²) in [5, 5.41) is 6.63. The lowest BCUT2D eigenvalue weighted by atomic mass is 10.2. The van der Waals surface area contributed by atoms with Crippen LogP contribution in [0.25, 0.3) is 11.0 Å². The molecule has 39 heavy (non-hydrogen) atoms. The standard InChI is InChI=1S/C27H38N6O6/c1-21-3-2-4-22(17-21)32-26-25-24(30-20-31-26)18-29-27(33-25)28-6-5-23-19-38-14-13-36-10-9-34-7-8-35-11-12-37-15-16-39-23/h2-4,17-18,20,23H,5-16,19H2,1H3,(H,28,29,33)(H,30,31,32). The summed E-state index contributed by atoms with van der Waals surface area (Å²) in [5.41, 5.74) is 3.38. The zero-order valence-corrected chi connectivity index (χ0v) is 22.5. The largest absolute Gasteiger partial charge is 0.377 e. The molecular formula is C27H38N6O6. The monoisotopic (exact) mass is 542 g/mol. The molecule has 0 spiro atoms. The summed E-state index contributed by atoms with van der Waals surface area (Å²) in [7, 11) is 0. The van der Waals surface area contributed by atoms with Crippen molar-refractivity contribution in [3.8, 4) is 0 Å². The molecule has 1 fully saturated rings. The van der Waals surface area contributed by atoms with Gasteiger partial charge >= 0.3 is 0 Å². The number of nitrogens with one attached hydrogen (secondary N) is 2. The van der Waals surface area contributed by atoms with Gasteiger partial charge in [0.2, 0.25) is 5.95 Å². The summed E-state index contributed by atoms with van der Waals surface area (Å²) in [5.74, 6) is 1.11. The van der Waals surface area contributed by atoms with Gasteiger partial charge < -0.3 is 39.1 Å². The second-order valence-electron chi connectivity index (χ2n) is 8.88. The van der Waals surface area contributed by atoms with Gasteiger partial charge in [0, 0.05) is 12.2 Å². The first kappa shape index (κ1) is 29.0. The Hall–Kier alpha value is -3.00. The van der Waals surface area contributed by atoms with Gasteiger partial charge in [0.05, 0.1) is 85.0 Å². The second kappa shape index (κ2) is 16.9. The fraction of sp³-hybridized carbons (Fsp3) is 0.556. The molecule has 4 rings (SSSR count). The van der Waals surface area contributed by atoms with Gasteiger partial charge in [-0.15, -0.1) is 0 Å². The van der Waals surface area contributed by atoms with Crippen LogP contribution in [-0.2, 0) is 28.4 Å². The van der Waals surface area contributed by atoms with Crippen molar-refractivity contribution in [2.75, 3.05) is 89.9 Å². The summed E-state index contributed by atoms with van der Waals surface area (Å²) < 4.78 is 33.9. The maximum Gasteiger partial charge on any atom is 0.223 e. The van der Waals surface area contributed by atoms with Crippen molar-refractivity contribution in [2.45, 2.75) is 19.4 Å². The minimum atomic E-state index is -0.123. The molecule has 0 saturated carbocycles. The Balaban J connectivity index is 1.29. The lowest BCUT2D eigenvalue weighted by Crippen LogP contribution is -2.26. The molecule has 2 N–H and O–H groups in total. The Morgan fingerprint density at radius 3 is 2.23 bits per heavy atom. The van der Waals surface area contributed by atoms with Crippen LogP contribution >= 0.6 is 0 Å². The molecule has 1 aromatic carbocycles. The zero-order valence-electron chi connectivity index (χ0n) is 22.5. The molecular weight excluding hydrogens is 504 g/mol. The third-order valence-electron chi connectivity index (χ3n) is 5.78. The molecule has 1 saturated heterocycles. The molecule has 0 aliphatic carbocycles. The quantitative estimate of drug-likeness (QED) is 0.475. The molecule has 3 aromatic rings. The first-order valence-electron chi connectivity index (χ1n) is 13.3. The summed E-state index contributed by atoms with van der Waals surface area (Å²) in [4.78, 5) is 17.8. The number of benzene rings is 1. The fourth-order valence-corrected chi connectivity index (χ4v) is 3.82. The molecule has 3 heterocycles. The van der Waals surface area contributed by atoms with Crippen molar-refractivity contribution < 1.29 is 28.4 Å². The van der Waals surface area contributed by atoms with Gasteiger partial charge in [0.1, 0.15) is 17.4 Å². The average Bonchev–Trinajstić information content (AvgIpc) is 2.94. The van der Waals surface area contributed by atoms with E-state index in [4.69, 9.17) is 28.4 Å². The number of aromatic nitrogens is 4. The highest BCUT2D eigenvalue weighted by molar-refractivity contribution is 5.87. The number of rotatable bonds is 6. The van der Waals surface area contributed by atoms with E-state index < -0.39 is 0 Å². The summed E-state index contributed by atoms with van der Waals surface area (Å²) in [6.45, 7) is 8.19. The molecule has 1 unspecified atom stereocenters. The van der Waals surface area contributed by atoms with Crippen molar-refractivity contribution in [1.82, 2.24) is 19.9 Å². The minimum absolute atomic E-state index is 0.123. The molecule has 212 valence electrons. The average molecular weight is 543 g/mol. The number of anilines is 3.